The van der Waals surface area contributed by atoms with Crippen LogP contribution in [0.2, 0.25) is 0 Å². The van der Waals surface area contributed by atoms with Crippen LogP contribution in [0.5, 0.6) is 23.0 Å². The Labute approximate surface area is 181 Å². The van der Waals surface area contributed by atoms with Crippen molar-refractivity contribution in [3.8, 4) is 23.0 Å². The number of aliphatic hydroxyl groups is 4. The number of benzene rings is 2. The number of carbonyl (C=O) groups is 1. The van der Waals surface area contributed by atoms with Gasteiger partial charge in [-0.3, -0.25) is 4.79 Å². The summed E-state index contributed by atoms with van der Waals surface area (Å²) in [6.45, 7) is -0.690. The summed E-state index contributed by atoms with van der Waals surface area (Å²) in [6.07, 6.45) is -10.7. The zero-order valence-corrected chi connectivity index (χ0v) is 16.5. The molecule has 0 amide bonds. The topological polar surface area (TPSA) is 186 Å². The molecule has 1 saturated heterocycles. The molecule has 2 aliphatic rings. The first-order valence-corrected chi connectivity index (χ1v) is 9.73. The van der Waals surface area contributed by atoms with Crippen LogP contribution in [-0.4, -0.2) is 84.9 Å². The van der Waals surface area contributed by atoms with Crippen LogP contribution < -0.4 is 4.74 Å². The summed E-state index contributed by atoms with van der Waals surface area (Å²) < 4.78 is 16.9. The van der Waals surface area contributed by atoms with Crippen molar-refractivity contribution in [3.05, 3.63) is 47.5 Å². The standard InChI is InChI=1S/C21H22O11/c22-7-13-15(26)17(28)18(29)21(31-13)32-20-16(27)14-11(25)5-10(24)6-12(14)30-19(20)8-1-3-9(23)4-2-8/h1-6,13,15,17-26,28-29H,7H2/t13-,15-,17+,18-,19+,20-,21+/m1/s1. The van der Waals surface area contributed by atoms with Crippen LogP contribution in [-0.2, 0) is 9.47 Å². The molecule has 0 unspecified atom stereocenters. The van der Waals surface area contributed by atoms with Gasteiger partial charge in [-0.05, 0) is 17.7 Å². The van der Waals surface area contributed by atoms with Crippen LogP contribution in [0.3, 0.4) is 0 Å². The number of ketones is 1. The van der Waals surface area contributed by atoms with Crippen LogP contribution in [0, 0.1) is 0 Å². The highest BCUT2D eigenvalue weighted by Gasteiger charge is 2.49. The van der Waals surface area contributed by atoms with Gasteiger partial charge >= 0.3 is 0 Å². The molecule has 0 radical (unpaired) electrons. The molecule has 2 aromatic carbocycles. The average molecular weight is 450 g/mol. The first-order chi connectivity index (χ1) is 15.2. The minimum Gasteiger partial charge on any atom is -0.508 e. The molecule has 172 valence electrons. The van der Waals surface area contributed by atoms with Crippen LogP contribution in [0.1, 0.15) is 22.0 Å². The fraction of sp³-hybridized carbons (Fsp3) is 0.381. The fourth-order valence-electron chi connectivity index (χ4n) is 3.77. The smallest absolute Gasteiger partial charge is 0.203 e. The van der Waals surface area contributed by atoms with Gasteiger partial charge in [-0.2, -0.15) is 0 Å². The second-order valence-electron chi connectivity index (χ2n) is 7.59. The number of hydrogen-bond acceptors (Lipinski definition) is 11. The third kappa shape index (κ3) is 3.86. The Kier molecular flexibility index (Phi) is 5.95. The highest BCUT2D eigenvalue weighted by atomic mass is 16.7. The van der Waals surface area contributed by atoms with E-state index in [9.17, 15) is 40.5 Å². The van der Waals surface area contributed by atoms with Crippen molar-refractivity contribution in [1.29, 1.82) is 0 Å². The van der Waals surface area contributed by atoms with Crippen LogP contribution >= 0.6 is 0 Å². The highest BCUT2D eigenvalue weighted by Crippen LogP contribution is 2.43. The summed E-state index contributed by atoms with van der Waals surface area (Å²) in [5.41, 5.74) is 0.103. The summed E-state index contributed by atoms with van der Waals surface area (Å²) in [7, 11) is 0. The fourth-order valence-corrected chi connectivity index (χ4v) is 3.77. The molecule has 2 aliphatic heterocycles. The molecule has 2 heterocycles. The number of aliphatic hydroxyl groups excluding tert-OH is 4. The van der Waals surface area contributed by atoms with E-state index >= 15 is 0 Å². The molecule has 1 fully saturated rings. The van der Waals surface area contributed by atoms with Gasteiger partial charge in [-0.1, -0.05) is 12.1 Å². The van der Waals surface area contributed by atoms with Crippen molar-refractivity contribution in [3.63, 3.8) is 0 Å². The molecule has 7 atom stereocenters. The SMILES string of the molecule is O=C1c2c(O)cc(O)cc2O[C@@H](c2ccc(O)cc2)[C@@H]1O[C@@H]1O[C@H](CO)[C@@H](O)[C@H](O)[C@H]1O. The normalized spacial score (nSPS) is 32.2. The van der Waals surface area contributed by atoms with Gasteiger partial charge in [0.15, 0.2) is 18.5 Å². The number of phenols is 3. The third-order valence-electron chi connectivity index (χ3n) is 5.45. The molecular formula is C21H22O11. The molecule has 11 heteroatoms. The van der Waals surface area contributed by atoms with Gasteiger partial charge in [-0.25, -0.2) is 0 Å². The lowest BCUT2D eigenvalue weighted by molar-refractivity contribution is -0.311. The lowest BCUT2D eigenvalue weighted by atomic mass is 9.92. The monoisotopic (exact) mass is 450 g/mol. The van der Waals surface area contributed by atoms with E-state index in [4.69, 9.17) is 14.2 Å². The van der Waals surface area contributed by atoms with E-state index in [1.54, 1.807) is 0 Å². The van der Waals surface area contributed by atoms with E-state index in [-0.39, 0.29) is 22.8 Å². The lowest BCUT2D eigenvalue weighted by Gasteiger charge is -2.42. The first-order valence-electron chi connectivity index (χ1n) is 9.73. The van der Waals surface area contributed by atoms with Crippen molar-refractivity contribution in [2.75, 3.05) is 6.61 Å². The van der Waals surface area contributed by atoms with Crippen LogP contribution in [0.15, 0.2) is 36.4 Å². The predicted octanol–water partition coefficient (Wildman–Crippen LogP) is -0.695. The third-order valence-corrected chi connectivity index (χ3v) is 5.45. The van der Waals surface area contributed by atoms with Crippen LogP contribution in [0.25, 0.3) is 0 Å². The first kappa shape index (κ1) is 22.3. The van der Waals surface area contributed by atoms with Gasteiger partial charge in [0.2, 0.25) is 5.78 Å². The number of phenolic OH excluding ortho intramolecular Hbond substituents is 3. The van der Waals surface area contributed by atoms with E-state index in [0.717, 1.165) is 12.1 Å². The van der Waals surface area contributed by atoms with Crippen LogP contribution in [0.4, 0.5) is 0 Å². The molecule has 0 aromatic heterocycles. The summed E-state index contributed by atoms with van der Waals surface area (Å²) >= 11 is 0. The van der Waals surface area contributed by atoms with Gasteiger partial charge in [-0.15, -0.1) is 0 Å². The quantitative estimate of drug-likeness (QED) is 0.312. The molecule has 4 rings (SSSR count). The molecule has 0 bridgehead atoms. The molecule has 0 saturated carbocycles. The molecule has 32 heavy (non-hydrogen) atoms. The van der Waals surface area contributed by atoms with E-state index in [2.05, 4.69) is 0 Å². The second-order valence-corrected chi connectivity index (χ2v) is 7.59. The molecule has 7 N–H and O–H groups in total. The van der Waals surface area contributed by atoms with Gasteiger partial charge in [0.05, 0.1) is 6.61 Å². The molecule has 0 spiro atoms. The Balaban J connectivity index is 1.72. The van der Waals surface area contributed by atoms with Crippen molar-refractivity contribution >= 4 is 5.78 Å². The number of carbonyl (C=O) groups excluding carboxylic acids is 1. The average Bonchev–Trinajstić information content (AvgIpc) is 2.75. The van der Waals surface area contributed by atoms with E-state index < -0.39 is 61.1 Å². The van der Waals surface area contributed by atoms with Gasteiger partial charge < -0.3 is 50.0 Å². The maximum Gasteiger partial charge on any atom is 0.203 e. The molecule has 2 aromatic rings. The van der Waals surface area contributed by atoms with E-state index in [1.165, 1.54) is 24.3 Å². The van der Waals surface area contributed by atoms with Gasteiger partial charge in [0.1, 0.15) is 53.0 Å². The highest BCUT2D eigenvalue weighted by molar-refractivity contribution is 6.05. The van der Waals surface area contributed by atoms with E-state index in [0.29, 0.717) is 5.56 Å². The van der Waals surface area contributed by atoms with Crippen molar-refractivity contribution in [1.82, 2.24) is 0 Å². The van der Waals surface area contributed by atoms with Crippen molar-refractivity contribution in [2.45, 2.75) is 42.9 Å². The van der Waals surface area contributed by atoms with Crippen molar-refractivity contribution in [2.24, 2.45) is 0 Å². The number of ether oxygens (including phenoxy) is 3. The Morgan fingerprint density at radius 1 is 0.906 bits per heavy atom. The van der Waals surface area contributed by atoms with Gasteiger partial charge in [0, 0.05) is 12.1 Å². The Hall–Kier alpha value is -2.93. The lowest BCUT2D eigenvalue weighted by Crippen LogP contribution is -2.60. The Morgan fingerprint density at radius 3 is 2.25 bits per heavy atom. The maximum atomic E-state index is 13.3. The summed E-state index contributed by atoms with van der Waals surface area (Å²) in [5.74, 6) is -1.82. The Morgan fingerprint density at radius 2 is 1.59 bits per heavy atom. The predicted molar refractivity (Wildman–Crippen MR) is 104 cm³/mol. The number of fused-ring (bicyclic) bond motifs is 1. The zero-order valence-electron chi connectivity index (χ0n) is 16.5. The molecule has 11 nitrogen and oxygen atoms in total. The number of Topliss-reactive ketones (excluding diaryl/α,β-unsaturated/α-hetero) is 1. The zero-order chi connectivity index (χ0) is 23.2. The molecule has 0 aliphatic carbocycles. The maximum absolute atomic E-state index is 13.3. The second kappa shape index (κ2) is 8.54. The number of aromatic hydroxyl groups is 3. The summed E-state index contributed by atoms with van der Waals surface area (Å²) in [4.78, 5) is 13.3. The minimum atomic E-state index is -1.77. The largest absolute Gasteiger partial charge is 0.508 e. The number of rotatable bonds is 4. The summed E-state index contributed by atoms with van der Waals surface area (Å²) in [6, 6.07) is 7.72. The summed E-state index contributed by atoms with van der Waals surface area (Å²) in [5, 5.41) is 69.2. The van der Waals surface area contributed by atoms with Crippen molar-refractivity contribution < 1.29 is 54.8 Å². The molecular weight excluding hydrogens is 428 g/mol. The number of hydrogen-bond donors (Lipinski definition) is 7. The van der Waals surface area contributed by atoms with Gasteiger partial charge in [0.25, 0.3) is 0 Å². The van der Waals surface area contributed by atoms with E-state index in [1.807, 2.05) is 0 Å². The minimum absolute atomic E-state index is 0.0435. The Bertz CT molecular complexity index is 990.